The molecule has 0 amide bonds. The first-order valence-electron chi connectivity index (χ1n) is 9.11. The lowest BCUT2D eigenvalue weighted by Gasteiger charge is -2.28. The number of aliphatic carboxylic acids is 1. The Hall–Kier alpha value is -1.36. The molecule has 1 unspecified atom stereocenters. The first kappa shape index (κ1) is 22.6. The van der Waals surface area contributed by atoms with Gasteiger partial charge in [0.05, 0.1) is 34.0 Å². The maximum Gasteiger partial charge on any atom is 0.310 e. The van der Waals surface area contributed by atoms with Gasteiger partial charge in [-0.25, -0.2) is 0 Å². The fourth-order valence-corrected chi connectivity index (χ4v) is 2.52. The van der Waals surface area contributed by atoms with Gasteiger partial charge in [0.15, 0.2) is 6.10 Å². The molecule has 0 radical (unpaired) electrons. The van der Waals surface area contributed by atoms with Crippen molar-refractivity contribution in [1.29, 1.82) is 0 Å². The van der Waals surface area contributed by atoms with Crippen molar-refractivity contribution < 1.29 is 23.9 Å². The van der Waals surface area contributed by atoms with E-state index in [-0.39, 0.29) is 18.8 Å². The Morgan fingerprint density at radius 1 is 1.04 bits per heavy atom. The van der Waals surface area contributed by atoms with Crippen molar-refractivity contribution in [3.05, 3.63) is 12.2 Å². The van der Waals surface area contributed by atoms with E-state index in [1.807, 2.05) is 33.3 Å². The van der Waals surface area contributed by atoms with Crippen LogP contribution in [0, 0.1) is 0 Å². The number of likely N-dealkylation sites (N-methyl/N-ethyl adjacent to an activating group) is 1. The molecule has 0 saturated carbocycles. The Balaban J connectivity index is 3.98. The highest BCUT2D eigenvalue weighted by molar-refractivity contribution is 5.72. The monoisotopic (exact) mass is 342 g/mol. The molecule has 0 aliphatic carbocycles. The zero-order valence-corrected chi connectivity index (χ0v) is 15.9. The van der Waals surface area contributed by atoms with Crippen molar-refractivity contribution in [2.75, 3.05) is 27.7 Å². The largest absolute Gasteiger partial charge is 0.481 e. The summed E-state index contributed by atoms with van der Waals surface area (Å²) in [5.74, 6) is -1.30. The quantitative estimate of drug-likeness (QED) is 0.226. The second-order valence-corrected chi connectivity index (χ2v) is 7.41. The van der Waals surface area contributed by atoms with E-state index in [9.17, 15) is 9.59 Å². The maximum absolute atomic E-state index is 11.9. The Labute approximate surface area is 147 Å². The number of quaternary nitrogens is 1. The number of rotatable bonds is 14. The second-order valence-electron chi connectivity index (χ2n) is 7.41. The predicted molar refractivity (Wildman–Crippen MR) is 96.8 cm³/mol. The van der Waals surface area contributed by atoms with Gasteiger partial charge in [-0.3, -0.25) is 9.59 Å². The summed E-state index contributed by atoms with van der Waals surface area (Å²) in [6.07, 6.45) is 11.9. The molecular formula is C19H36NO4+. The minimum Gasteiger partial charge on any atom is -0.481 e. The number of unbranched alkanes of at least 4 members (excludes halogenated alkanes) is 6. The summed E-state index contributed by atoms with van der Waals surface area (Å²) in [6, 6.07) is 0. The number of nitrogens with zero attached hydrogens (tertiary/aromatic N) is 1. The van der Waals surface area contributed by atoms with Crippen molar-refractivity contribution in [2.24, 2.45) is 0 Å². The summed E-state index contributed by atoms with van der Waals surface area (Å²) < 4.78 is 5.88. The number of hydrogen-bond acceptors (Lipinski definition) is 3. The molecule has 1 N–H and O–H groups in total. The molecule has 5 nitrogen and oxygen atoms in total. The second kappa shape index (κ2) is 13.0. The normalized spacial score (nSPS) is 13.2. The third-order valence-corrected chi connectivity index (χ3v) is 3.63. The summed E-state index contributed by atoms with van der Waals surface area (Å²) in [7, 11) is 5.84. The van der Waals surface area contributed by atoms with E-state index in [4.69, 9.17) is 9.84 Å². The van der Waals surface area contributed by atoms with E-state index in [1.165, 1.54) is 32.1 Å². The van der Waals surface area contributed by atoms with Gasteiger partial charge in [0.25, 0.3) is 0 Å². The molecule has 0 aliphatic rings. The van der Waals surface area contributed by atoms with Gasteiger partial charge in [0.2, 0.25) is 0 Å². The molecule has 0 bridgehead atoms. The lowest BCUT2D eigenvalue weighted by atomic mass is 10.1. The summed E-state index contributed by atoms with van der Waals surface area (Å²) in [5.41, 5.74) is 0. The highest BCUT2D eigenvalue weighted by Gasteiger charge is 2.24. The Morgan fingerprint density at radius 2 is 1.67 bits per heavy atom. The van der Waals surface area contributed by atoms with Gasteiger partial charge in [-0.2, -0.15) is 0 Å². The maximum atomic E-state index is 11.9. The zero-order valence-electron chi connectivity index (χ0n) is 15.9. The van der Waals surface area contributed by atoms with Gasteiger partial charge >= 0.3 is 11.9 Å². The van der Waals surface area contributed by atoms with Crippen LogP contribution >= 0.6 is 0 Å². The van der Waals surface area contributed by atoms with E-state index in [2.05, 4.69) is 6.92 Å². The summed E-state index contributed by atoms with van der Waals surface area (Å²) in [6.45, 7) is 2.70. The standard InChI is InChI=1S/C19H35NO4/c1-5-6-7-8-9-10-11-12-13-14-19(23)24-17(15-18(21)22)16-20(2,3)4/h12-13,17H,5-11,14-16H2,1-4H3/p+1/b13-12-. The Bertz CT molecular complexity index is 385. The van der Waals surface area contributed by atoms with E-state index >= 15 is 0 Å². The minimum absolute atomic E-state index is 0.150. The van der Waals surface area contributed by atoms with Crippen LogP contribution in [0.5, 0.6) is 0 Å². The van der Waals surface area contributed by atoms with Gasteiger partial charge < -0.3 is 14.3 Å². The SMILES string of the molecule is CCCCCCCC/C=C\CC(=O)OC(CC(=O)O)C[N+](C)(C)C. The molecule has 0 aromatic rings. The molecule has 24 heavy (non-hydrogen) atoms. The molecule has 0 aromatic heterocycles. The lowest BCUT2D eigenvalue weighted by Crippen LogP contribution is -2.43. The number of allylic oxidation sites excluding steroid dienone is 1. The molecule has 5 heteroatoms. The van der Waals surface area contributed by atoms with Crippen LogP contribution in [-0.4, -0.2) is 55.3 Å². The van der Waals surface area contributed by atoms with Crippen LogP contribution < -0.4 is 0 Å². The van der Waals surface area contributed by atoms with Crippen molar-refractivity contribution in [3.8, 4) is 0 Å². The molecule has 0 rings (SSSR count). The predicted octanol–water partition coefficient (Wildman–Crippen LogP) is 3.78. The van der Waals surface area contributed by atoms with Gasteiger partial charge in [-0.15, -0.1) is 0 Å². The van der Waals surface area contributed by atoms with Gasteiger partial charge in [0, 0.05) is 0 Å². The minimum atomic E-state index is -0.945. The number of carboxylic acids is 1. The summed E-state index contributed by atoms with van der Waals surface area (Å²) >= 11 is 0. The number of hydrogen-bond donors (Lipinski definition) is 1. The zero-order chi connectivity index (χ0) is 18.4. The van der Waals surface area contributed by atoms with Crippen molar-refractivity contribution in [3.63, 3.8) is 0 Å². The number of ether oxygens (including phenoxy) is 1. The van der Waals surface area contributed by atoms with Crippen LogP contribution in [0.4, 0.5) is 0 Å². The molecule has 0 aliphatic heterocycles. The summed E-state index contributed by atoms with van der Waals surface area (Å²) in [4.78, 5) is 22.7. The third kappa shape index (κ3) is 15.5. The fourth-order valence-electron chi connectivity index (χ4n) is 2.52. The van der Waals surface area contributed by atoms with Gasteiger partial charge in [0.1, 0.15) is 6.54 Å². The van der Waals surface area contributed by atoms with Crippen LogP contribution in [-0.2, 0) is 14.3 Å². The highest BCUT2D eigenvalue weighted by Crippen LogP contribution is 2.09. The molecule has 0 fully saturated rings. The van der Waals surface area contributed by atoms with Crippen LogP contribution in [0.2, 0.25) is 0 Å². The first-order valence-corrected chi connectivity index (χ1v) is 9.11. The van der Waals surface area contributed by atoms with Crippen molar-refractivity contribution in [1.82, 2.24) is 0 Å². The first-order chi connectivity index (χ1) is 11.2. The molecule has 0 spiro atoms. The molecule has 0 aromatic carbocycles. The summed E-state index contributed by atoms with van der Waals surface area (Å²) in [5, 5.41) is 8.93. The Morgan fingerprint density at radius 3 is 2.25 bits per heavy atom. The fraction of sp³-hybridized carbons (Fsp3) is 0.789. The Kier molecular flexibility index (Phi) is 12.3. The van der Waals surface area contributed by atoms with Crippen molar-refractivity contribution in [2.45, 2.75) is 70.8 Å². The molecule has 140 valence electrons. The number of carbonyl (C=O) groups excluding carboxylic acids is 1. The van der Waals surface area contributed by atoms with E-state index in [0.29, 0.717) is 11.0 Å². The van der Waals surface area contributed by atoms with Crippen LogP contribution in [0.15, 0.2) is 12.2 Å². The van der Waals surface area contributed by atoms with E-state index in [1.54, 1.807) is 0 Å². The topological polar surface area (TPSA) is 63.6 Å². The van der Waals surface area contributed by atoms with Crippen molar-refractivity contribution >= 4 is 11.9 Å². The van der Waals surface area contributed by atoms with Gasteiger partial charge in [-0.05, 0) is 12.8 Å². The number of carboxylic acid groups (broad SMARTS) is 1. The highest BCUT2D eigenvalue weighted by atomic mass is 16.5. The molecule has 0 heterocycles. The lowest BCUT2D eigenvalue weighted by molar-refractivity contribution is -0.873. The average molecular weight is 343 g/mol. The molecular weight excluding hydrogens is 306 g/mol. The van der Waals surface area contributed by atoms with Crippen LogP contribution in [0.25, 0.3) is 0 Å². The smallest absolute Gasteiger partial charge is 0.310 e. The van der Waals surface area contributed by atoms with E-state index < -0.39 is 12.1 Å². The molecule has 1 atom stereocenters. The third-order valence-electron chi connectivity index (χ3n) is 3.63. The molecule has 0 saturated heterocycles. The van der Waals surface area contributed by atoms with E-state index in [0.717, 1.165) is 12.8 Å². The van der Waals surface area contributed by atoms with Crippen LogP contribution in [0.3, 0.4) is 0 Å². The number of esters is 1. The average Bonchev–Trinajstić information content (AvgIpc) is 2.42. The van der Waals surface area contributed by atoms with Crippen LogP contribution in [0.1, 0.15) is 64.7 Å². The number of carbonyl (C=O) groups is 2. The van der Waals surface area contributed by atoms with Gasteiger partial charge in [-0.1, -0.05) is 51.2 Å².